The van der Waals surface area contributed by atoms with Gasteiger partial charge < -0.3 is 5.11 Å². The molecule has 1 aliphatic rings. The van der Waals surface area contributed by atoms with Gasteiger partial charge in [0.1, 0.15) is 0 Å². The van der Waals surface area contributed by atoms with Crippen LogP contribution in [0.2, 0.25) is 0 Å². The molecular formula is C14H17F2NO2. The Morgan fingerprint density at radius 3 is 2.84 bits per heavy atom. The SMILES string of the molecule is CC1(O)CCN(CCC(=O)c2cccc(F)c2F)C1. The summed E-state index contributed by atoms with van der Waals surface area (Å²) in [5.41, 5.74) is -0.918. The minimum Gasteiger partial charge on any atom is -0.389 e. The monoisotopic (exact) mass is 269 g/mol. The third-order valence-corrected chi connectivity index (χ3v) is 3.44. The zero-order chi connectivity index (χ0) is 14.0. The van der Waals surface area contributed by atoms with Crippen LogP contribution < -0.4 is 0 Å². The molecule has 1 aromatic carbocycles. The van der Waals surface area contributed by atoms with Gasteiger partial charge in [-0.05, 0) is 25.5 Å². The summed E-state index contributed by atoms with van der Waals surface area (Å²) in [7, 11) is 0. The Bertz CT molecular complexity index is 488. The van der Waals surface area contributed by atoms with E-state index in [-0.39, 0.29) is 12.0 Å². The van der Waals surface area contributed by atoms with E-state index >= 15 is 0 Å². The lowest BCUT2D eigenvalue weighted by Gasteiger charge is -2.18. The summed E-state index contributed by atoms with van der Waals surface area (Å²) in [5.74, 6) is -2.50. The van der Waals surface area contributed by atoms with E-state index in [1.54, 1.807) is 6.92 Å². The first-order valence-corrected chi connectivity index (χ1v) is 6.31. The number of β-amino-alcohol motifs (C(OH)–C–C–N with tert-alkyl or cyclic N) is 1. The van der Waals surface area contributed by atoms with Gasteiger partial charge in [0, 0.05) is 26.1 Å². The van der Waals surface area contributed by atoms with Crippen molar-refractivity contribution in [3.05, 3.63) is 35.4 Å². The molecule has 2 rings (SSSR count). The van der Waals surface area contributed by atoms with Crippen LogP contribution in [0.1, 0.15) is 30.1 Å². The third kappa shape index (κ3) is 3.36. The Hall–Kier alpha value is -1.33. The van der Waals surface area contributed by atoms with Gasteiger partial charge >= 0.3 is 0 Å². The number of Topliss-reactive ketones (excluding diaryl/α,β-unsaturated/α-hetero) is 1. The highest BCUT2D eigenvalue weighted by Crippen LogP contribution is 2.21. The van der Waals surface area contributed by atoms with Crippen molar-refractivity contribution in [3.63, 3.8) is 0 Å². The van der Waals surface area contributed by atoms with Crippen LogP contribution in [0.15, 0.2) is 18.2 Å². The minimum absolute atomic E-state index is 0.121. The second-order valence-electron chi connectivity index (χ2n) is 5.30. The molecule has 1 fully saturated rings. The quantitative estimate of drug-likeness (QED) is 0.850. The van der Waals surface area contributed by atoms with E-state index in [1.807, 2.05) is 4.90 Å². The summed E-state index contributed by atoms with van der Waals surface area (Å²) in [5, 5.41) is 9.79. The van der Waals surface area contributed by atoms with E-state index in [2.05, 4.69) is 0 Å². The highest BCUT2D eigenvalue weighted by atomic mass is 19.2. The smallest absolute Gasteiger partial charge is 0.169 e. The molecular weight excluding hydrogens is 252 g/mol. The summed E-state index contributed by atoms with van der Waals surface area (Å²) >= 11 is 0. The number of aliphatic hydroxyl groups is 1. The maximum atomic E-state index is 13.4. The predicted molar refractivity (Wildman–Crippen MR) is 67.0 cm³/mol. The van der Waals surface area contributed by atoms with Crippen molar-refractivity contribution in [2.75, 3.05) is 19.6 Å². The number of ketones is 1. The lowest BCUT2D eigenvalue weighted by molar-refractivity contribution is 0.0676. The predicted octanol–water partition coefficient (Wildman–Crippen LogP) is 1.99. The largest absolute Gasteiger partial charge is 0.389 e. The van der Waals surface area contributed by atoms with Crippen LogP contribution in [0.4, 0.5) is 8.78 Å². The van der Waals surface area contributed by atoms with Crippen LogP contribution in [0.3, 0.4) is 0 Å². The fraction of sp³-hybridized carbons (Fsp3) is 0.500. The van der Waals surface area contributed by atoms with Crippen molar-refractivity contribution in [2.45, 2.75) is 25.4 Å². The minimum atomic E-state index is -1.08. The molecule has 0 amide bonds. The molecule has 0 spiro atoms. The highest BCUT2D eigenvalue weighted by Gasteiger charge is 2.31. The van der Waals surface area contributed by atoms with Gasteiger partial charge in [-0.1, -0.05) is 6.07 Å². The molecule has 1 atom stereocenters. The van der Waals surface area contributed by atoms with Crippen LogP contribution in [0.5, 0.6) is 0 Å². The van der Waals surface area contributed by atoms with Crippen LogP contribution in [0.25, 0.3) is 0 Å². The van der Waals surface area contributed by atoms with E-state index < -0.39 is 23.0 Å². The van der Waals surface area contributed by atoms with Crippen molar-refractivity contribution in [1.82, 2.24) is 4.90 Å². The Balaban J connectivity index is 1.93. The third-order valence-electron chi connectivity index (χ3n) is 3.44. The van der Waals surface area contributed by atoms with Gasteiger partial charge in [-0.3, -0.25) is 9.69 Å². The molecule has 3 nitrogen and oxygen atoms in total. The number of likely N-dealkylation sites (tertiary alicyclic amines) is 1. The normalized spacial score (nSPS) is 23.8. The number of hydrogen-bond acceptors (Lipinski definition) is 3. The maximum absolute atomic E-state index is 13.4. The Morgan fingerprint density at radius 2 is 2.21 bits per heavy atom. The molecule has 1 heterocycles. The molecule has 0 bridgehead atoms. The molecule has 1 aliphatic heterocycles. The molecule has 5 heteroatoms. The van der Waals surface area contributed by atoms with E-state index in [0.717, 1.165) is 6.07 Å². The van der Waals surface area contributed by atoms with E-state index in [0.29, 0.717) is 26.1 Å². The summed E-state index contributed by atoms with van der Waals surface area (Å²) < 4.78 is 26.4. The summed E-state index contributed by atoms with van der Waals surface area (Å²) in [6.45, 7) is 3.42. The van der Waals surface area contributed by atoms with Gasteiger partial charge in [0.15, 0.2) is 17.4 Å². The van der Waals surface area contributed by atoms with Gasteiger partial charge in [-0.2, -0.15) is 0 Å². The average Bonchev–Trinajstić information content (AvgIpc) is 2.69. The number of rotatable bonds is 4. The number of carbonyl (C=O) groups excluding carboxylic acids is 1. The molecule has 1 aromatic rings. The first kappa shape index (κ1) is 14.1. The van der Waals surface area contributed by atoms with E-state index in [9.17, 15) is 18.7 Å². The number of halogens is 2. The topological polar surface area (TPSA) is 40.5 Å². The second-order valence-corrected chi connectivity index (χ2v) is 5.30. The van der Waals surface area contributed by atoms with Crippen molar-refractivity contribution in [2.24, 2.45) is 0 Å². The number of nitrogens with zero attached hydrogens (tertiary/aromatic N) is 1. The molecule has 0 saturated carbocycles. The maximum Gasteiger partial charge on any atom is 0.169 e. The van der Waals surface area contributed by atoms with Crippen LogP contribution >= 0.6 is 0 Å². The summed E-state index contributed by atoms with van der Waals surface area (Å²) in [6.07, 6.45) is 0.784. The molecule has 104 valence electrons. The van der Waals surface area contributed by atoms with Gasteiger partial charge in [-0.15, -0.1) is 0 Å². The van der Waals surface area contributed by atoms with Crippen LogP contribution in [-0.2, 0) is 0 Å². The van der Waals surface area contributed by atoms with E-state index in [1.165, 1.54) is 12.1 Å². The Labute approximate surface area is 110 Å². The van der Waals surface area contributed by atoms with Crippen molar-refractivity contribution in [3.8, 4) is 0 Å². The molecule has 1 N–H and O–H groups in total. The van der Waals surface area contributed by atoms with Crippen LogP contribution in [-0.4, -0.2) is 41.0 Å². The highest BCUT2D eigenvalue weighted by molar-refractivity contribution is 5.96. The fourth-order valence-electron chi connectivity index (χ4n) is 2.34. The lowest BCUT2D eigenvalue weighted by atomic mass is 10.1. The Morgan fingerprint density at radius 1 is 1.47 bits per heavy atom. The number of carbonyl (C=O) groups is 1. The molecule has 19 heavy (non-hydrogen) atoms. The standard InChI is InChI=1S/C14H17F2NO2/c1-14(19)6-8-17(9-14)7-5-12(18)10-3-2-4-11(15)13(10)16/h2-4,19H,5-9H2,1H3. The van der Waals surface area contributed by atoms with Crippen molar-refractivity contribution < 1.29 is 18.7 Å². The number of benzene rings is 1. The summed E-state index contributed by atoms with van der Waals surface area (Å²) in [6, 6.07) is 3.61. The average molecular weight is 269 g/mol. The summed E-state index contributed by atoms with van der Waals surface area (Å²) in [4.78, 5) is 13.8. The van der Waals surface area contributed by atoms with Gasteiger partial charge in [0.05, 0.1) is 11.2 Å². The zero-order valence-electron chi connectivity index (χ0n) is 10.8. The molecule has 0 aromatic heterocycles. The van der Waals surface area contributed by atoms with E-state index in [4.69, 9.17) is 0 Å². The molecule has 1 unspecified atom stereocenters. The molecule has 0 radical (unpaired) electrons. The first-order chi connectivity index (χ1) is 8.89. The number of hydrogen-bond donors (Lipinski definition) is 1. The Kier molecular flexibility index (Phi) is 3.96. The fourth-order valence-corrected chi connectivity index (χ4v) is 2.34. The lowest BCUT2D eigenvalue weighted by Crippen LogP contribution is -2.31. The van der Waals surface area contributed by atoms with Gasteiger partial charge in [0.25, 0.3) is 0 Å². The second kappa shape index (κ2) is 5.35. The molecule has 0 aliphatic carbocycles. The first-order valence-electron chi connectivity index (χ1n) is 6.31. The van der Waals surface area contributed by atoms with Crippen LogP contribution in [0, 0.1) is 11.6 Å². The van der Waals surface area contributed by atoms with Crippen molar-refractivity contribution >= 4 is 5.78 Å². The van der Waals surface area contributed by atoms with Gasteiger partial charge in [0.2, 0.25) is 0 Å². The van der Waals surface area contributed by atoms with Gasteiger partial charge in [-0.25, -0.2) is 8.78 Å². The zero-order valence-corrected chi connectivity index (χ0v) is 10.8. The van der Waals surface area contributed by atoms with Crippen molar-refractivity contribution in [1.29, 1.82) is 0 Å². The molecule has 1 saturated heterocycles.